The second-order valence-corrected chi connectivity index (χ2v) is 7.12. The summed E-state index contributed by atoms with van der Waals surface area (Å²) in [7, 11) is 2.90. The first-order chi connectivity index (χ1) is 15.5. The van der Waals surface area contributed by atoms with E-state index >= 15 is 0 Å². The predicted octanol–water partition coefficient (Wildman–Crippen LogP) is 3.07. The van der Waals surface area contributed by atoms with E-state index in [1.807, 2.05) is 23.1 Å². The molecule has 166 valence electrons. The van der Waals surface area contributed by atoms with Gasteiger partial charge in [0, 0.05) is 24.8 Å². The third-order valence-electron chi connectivity index (χ3n) is 4.77. The number of furan rings is 1. The van der Waals surface area contributed by atoms with E-state index in [9.17, 15) is 14.4 Å². The Morgan fingerprint density at radius 1 is 0.938 bits per heavy atom. The number of carbonyl (C=O) groups is 3. The lowest BCUT2D eigenvalue weighted by atomic mass is 10.1. The molecule has 1 heterocycles. The number of nitrogens with zero attached hydrogens (tertiary/aromatic N) is 1. The van der Waals surface area contributed by atoms with Crippen LogP contribution < -0.4 is 10.6 Å². The van der Waals surface area contributed by atoms with Gasteiger partial charge in [-0.3, -0.25) is 14.5 Å². The molecular weight excluding hydrogens is 410 g/mol. The number of hydrogen-bond acceptors (Lipinski definition) is 6. The molecule has 0 aliphatic heterocycles. The van der Waals surface area contributed by atoms with Crippen LogP contribution in [0.15, 0.2) is 71.3 Å². The number of methoxy groups -OCH3 is 1. The van der Waals surface area contributed by atoms with Gasteiger partial charge in [-0.2, -0.15) is 0 Å². The Morgan fingerprint density at radius 3 is 2.22 bits per heavy atom. The summed E-state index contributed by atoms with van der Waals surface area (Å²) in [6.45, 7) is 1.05. The van der Waals surface area contributed by atoms with Crippen molar-refractivity contribution in [3.05, 3.63) is 89.4 Å². The Bertz CT molecular complexity index is 1040. The lowest BCUT2D eigenvalue weighted by molar-refractivity contribution is -0.117. The zero-order valence-electron chi connectivity index (χ0n) is 18.0. The first-order valence-electron chi connectivity index (χ1n) is 10.0. The monoisotopic (exact) mass is 435 g/mol. The van der Waals surface area contributed by atoms with Crippen molar-refractivity contribution in [1.82, 2.24) is 10.2 Å². The molecule has 0 spiro atoms. The van der Waals surface area contributed by atoms with Crippen molar-refractivity contribution < 1.29 is 23.5 Å². The fourth-order valence-electron chi connectivity index (χ4n) is 3.17. The van der Waals surface area contributed by atoms with E-state index in [0.717, 1.165) is 11.3 Å². The fraction of sp³-hybridized carbons (Fsp3) is 0.208. The summed E-state index contributed by atoms with van der Waals surface area (Å²) in [5.74, 6) is -0.0527. The number of rotatable bonds is 9. The van der Waals surface area contributed by atoms with Crippen molar-refractivity contribution in [1.29, 1.82) is 0 Å². The number of benzene rings is 2. The summed E-state index contributed by atoms with van der Waals surface area (Å²) in [5.41, 5.74) is 2.52. The van der Waals surface area contributed by atoms with Crippen LogP contribution in [0.3, 0.4) is 0 Å². The summed E-state index contributed by atoms with van der Waals surface area (Å²) in [6, 6.07) is 17.4. The summed E-state index contributed by atoms with van der Waals surface area (Å²) >= 11 is 0. The van der Waals surface area contributed by atoms with E-state index in [-0.39, 0.29) is 18.4 Å². The van der Waals surface area contributed by atoms with E-state index in [0.29, 0.717) is 29.9 Å². The van der Waals surface area contributed by atoms with Crippen molar-refractivity contribution in [2.45, 2.75) is 13.1 Å². The lowest BCUT2D eigenvalue weighted by Crippen LogP contribution is -2.32. The molecule has 2 amide bonds. The number of amides is 2. The van der Waals surface area contributed by atoms with Gasteiger partial charge in [0.1, 0.15) is 5.76 Å². The second kappa shape index (κ2) is 10.9. The highest BCUT2D eigenvalue weighted by molar-refractivity contribution is 5.94. The highest BCUT2D eigenvalue weighted by Crippen LogP contribution is 2.14. The number of nitrogens with one attached hydrogen (secondary N) is 2. The molecule has 8 heteroatoms. The van der Waals surface area contributed by atoms with Gasteiger partial charge >= 0.3 is 5.97 Å². The van der Waals surface area contributed by atoms with Gasteiger partial charge in [0.25, 0.3) is 5.91 Å². The molecule has 0 bridgehead atoms. The van der Waals surface area contributed by atoms with Crippen LogP contribution >= 0.6 is 0 Å². The van der Waals surface area contributed by atoms with Crippen molar-refractivity contribution in [2.75, 3.05) is 26.0 Å². The minimum absolute atomic E-state index is 0.122. The van der Waals surface area contributed by atoms with E-state index in [2.05, 4.69) is 15.4 Å². The average Bonchev–Trinajstić information content (AvgIpc) is 3.32. The molecule has 2 N–H and O–H groups in total. The summed E-state index contributed by atoms with van der Waals surface area (Å²) < 4.78 is 10.1. The molecule has 0 atom stereocenters. The molecule has 0 unspecified atom stereocenters. The van der Waals surface area contributed by atoms with Crippen LogP contribution in [-0.2, 0) is 22.6 Å². The molecule has 32 heavy (non-hydrogen) atoms. The Kier molecular flexibility index (Phi) is 7.77. The van der Waals surface area contributed by atoms with Crippen molar-refractivity contribution in [3.63, 3.8) is 0 Å². The van der Waals surface area contributed by atoms with Gasteiger partial charge < -0.3 is 19.8 Å². The predicted molar refractivity (Wildman–Crippen MR) is 119 cm³/mol. The van der Waals surface area contributed by atoms with Crippen LogP contribution in [0.1, 0.15) is 32.0 Å². The molecular formula is C24H25N3O5. The minimum atomic E-state index is -0.435. The smallest absolute Gasteiger partial charge is 0.337 e. The van der Waals surface area contributed by atoms with Crippen LogP contribution in [0.4, 0.5) is 5.69 Å². The maximum Gasteiger partial charge on any atom is 0.337 e. The van der Waals surface area contributed by atoms with Gasteiger partial charge in [0.2, 0.25) is 5.91 Å². The van der Waals surface area contributed by atoms with Crippen molar-refractivity contribution >= 4 is 23.5 Å². The fourth-order valence-corrected chi connectivity index (χ4v) is 3.17. The molecule has 0 aliphatic carbocycles. The summed E-state index contributed by atoms with van der Waals surface area (Å²) in [5, 5.41) is 5.43. The van der Waals surface area contributed by atoms with Crippen LogP contribution in [-0.4, -0.2) is 43.4 Å². The number of esters is 1. The first-order valence-corrected chi connectivity index (χ1v) is 10.0. The van der Waals surface area contributed by atoms with E-state index < -0.39 is 5.97 Å². The number of hydrogen-bond donors (Lipinski definition) is 2. The molecule has 8 nitrogen and oxygen atoms in total. The van der Waals surface area contributed by atoms with Crippen LogP contribution in [0.25, 0.3) is 0 Å². The van der Waals surface area contributed by atoms with Crippen LogP contribution in [0.2, 0.25) is 0 Å². The van der Waals surface area contributed by atoms with Gasteiger partial charge in [0.05, 0.1) is 32.0 Å². The van der Waals surface area contributed by atoms with Gasteiger partial charge in [-0.15, -0.1) is 0 Å². The second-order valence-electron chi connectivity index (χ2n) is 7.12. The summed E-state index contributed by atoms with van der Waals surface area (Å²) in [4.78, 5) is 37.9. The van der Waals surface area contributed by atoms with Crippen LogP contribution in [0, 0.1) is 0 Å². The highest BCUT2D eigenvalue weighted by atomic mass is 16.5. The van der Waals surface area contributed by atoms with Gasteiger partial charge in [-0.1, -0.05) is 12.1 Å². The molecule has 1 aromatic heterocycles. The topological polar surface area (TPSA) is 101 Å². The third kappa shape index (κ3) is 6.29. The quantitative estimate of drug-likeness (QED) is 0.501. The van der Waals surface area contributed by atoms with Crippen LogP contribution in [0.5, 0.6) is 0 Å². The standard InChI is InChI=1S/C24H25N3O5/c1-25-23(29)18-7-5-17(6-8-18)14-27(15-21-4-3-13-32-21)16-22(28)26-20-11-9-19(10-12-20)24(30)31-2/h3-13H,14-16H2,1-2H3,(H,25,29)(H,26,28). The molecule has 3 rings (SSSR count). The van der Waals surface area contributed by atoms with Crippen molar-refractivity contribution in [2.24, 2.45) is 0 Å². The van der Waals surface area contributed by atoms with Gasteiger partial charge in [-0.25, -0.2) is 4.79 Å². The maximum atomic E-state index is 12.7. The molecule has 0 saturated carbocycles. The summed E-state index contributed by atoms with van der Waals surface area (Å²) in [6.07, 6.45) is 1.59. The van der Waals surface area contributed by atoms with E-state index in [1.54, 1.807) is 55.8 Å². The zero-order valence-corrected chi connectivity index (χ0v) is 18.0. The molecule has 0 aliphatic rings. The lowest BCUT2D eigenvalue weighted by Gasteiger charge is -2.21. The SMILES string of the molecule is CNC(=O)c1ccc(CN(CC(=O)Nc2ccc(C(=O)OC)cc2)Cc2ccco2)cc1. The number of carbonyl (C=O) groups excluding carboxylic acids is 3. The largest absolute Gasteiger partial charge is 0.468 e. The molecule has 3 aromatic rings. The third-order valence-corrected chi connectivity index (χ3v) is 4.77. The molecule has 0 fully saturated rings. The minimum Gasteiger partial charge on any atom is -0.468 e. The number of anilines is 1. The van der Waals surface area contributed by atoms with E-state index in [4.69, 9.17) is 4.42 Å². The number of ether oxygens (including phenoxy) is 1. The van der Waals surface area contributed by atoms with Gasteiger partial charge in [-0.05, 0) is 54.1 Å². The molecule has 0 saturated heterocycles. The normalized spacial score (nSPS) is 10.6. The Labute approximate surface area is 186 Å². The highest BCUT2D eigenvalue weighted by Gasteiger charge is 2.15. The maximum absolute atomic E-state index is 12.7. The van der Waals surface area contributed by atoms with Crippen molar-refractivity contribution in [3.8, 4) is 0 Å². The first kappa shape index (κ1) is 22.8. The Morgan fingerprint density at radius 2 is 1.62 bits per heavy atom. The Balaban J connectivity index is 1.66. The van der Waals surface area contributed by atoms with Gasteiger partial charge in [0.15, 0.2) is 0 Å². The molecule has 0 radical (unpaired) electrons. The Hall–Kier alpha value is -3.91. The van der Waals surface area contributed by atoms with E-state index in [1.165, 1.54) is 7.11 Å². The molecule has 2 aromatic carbocycles. The zero-order chi connectivity index (χ0) is 22.9. The average molecular weight is 435 g/mol.